The van der Waals surface area contributed by atoms with Crippen molar-refractivity contribution in [2.24, 2.45) is 0 Å². The summed E-state index contributed by atoms with van der Waals surface area (Å²) in [4.78, 5) is 8.00. The largest absolute Gasteiger partial charge is 0.416 e. The van der Waals surface area contributed by atoms with Gasteiger partial charge >= 0.3 is 6.18 Å². The van der Waals surface area contributed by atoms with Crippen LogP contribution in [0.3, 0.4) is 0 Å². The van der Waals surface area contributed by atoms with Crippen LogP contribution >= 0.6 is 34.8 Å². The number of hydrogen-bond acceptors (Lipinski definition) is 5. The maximum atomic E-state index is 12.9. The van der Waals surface area contributed by atoms with E-state index in [0.717, 1.165) is 18.2 Å². The average molecular weight is 449 g/mol. The van der Waals surface area contributed by atoms with Crippen molar-refractivity contribution in [3.05, 3.63) is 63.4 Å². The van der Waals surface area contributed by atoms with Gasteiger partial charge in [0.05, 0.1) is 26.3 Å². The van der Waals surface area contributed by atoms with Crippen LogP contribution in [-0.2, 0) is 6.18 Å². The van der Waals surface area contributed by atoms with Crippen molar-refractivity contribution in [3.63, 3.8) is 0 Å². The molecule has 2 aromatic carbocycles. The molecule has 11 heteroatoms. The number of alkyl halides is 3. The number of nitrogens with two attached hydrogens (primary N) is 1. The number of halogens is 6. The molecule has 0 bridgehead atoms. The molecular weight excluding hydrogens is 438 g/mol. The lowest BCUT2D eigenvalue weighted by atomic mass is 10.2. The molecule has 0 aliphatic carbocycles. The van der Waals surface area contributed by atoms with Crippen molar-refractivity contribution < 1.29 is 13.2 Å². The first kappa shape index (κ1) is 20.3. The summed E-state index contributed by atoms with van der Waals surface area (Å²) < 4.78 is 38.8. The first-order chi connectivity index (χ1) is 13.1. The van der Waals surface area contributed by atoms with E-state index in [4.69, 9.17) is 40.5 Å². The highest BCUT2D eigenvalue weighted by molar-refractivity contribution is 6.42. The van der Waals surface area contributed by atoms with Crippen molar-refractivity contribution in [1.29, 1.82) is 0 Å². The van der Waals surface area contributed by atoms with E-state index in [2.05, 4.69) is 20.6 Å². The summed E-state index contributed by atoms with van der Waals surface area (Å²) in [6.07, 6.45) is -3.32. The lowest BCUT2D eigenvalue weighted by Gasteiger charge is -2.15. The van der Waals surface area contributed by atoms with Crippen molar-refractivity contribution in [1.82, 2.24) is 9.97 Å². The molecule has 1 aromatic heterocycles. The summed E-state index contributed by atoms with van der Waals surface area (Å²) in [7, 11) is 0. The van der Waals surface area contributed by atoms with E-state index >= 15 is 0 Å². The normalized spacial score (nSPS) is 11.4. The Morgan fingerprint density at radius 2 is 1.46 bits per heavy atom. The third kappa shape index (κ3) is 4.52. The van der Waals surface area contributed by atoms with Gasteiger partial charge in [0.25, 0.3) is 0 Å². The van der Waals surface area contributed by atoms with E-state index in [1.54, 1.807) is 18.2 Å². The van der Waals surface area contributed by atoms with Gasteiger partial charge in [0, 0.05) is 5.69 Å². The van der Waals surface area contributed by atoms with Crippen LogP contribution in [0.4, 0.5) is 41.9 Å². The molecule has 0 unspecified atom stereocenters. The molecule has 5 nitrogen and oxygen atoms in total. The Hall–Kier alpha value is -2.42. The second-order valence-corrected chi connectivity index (χ2v) is 6.78. The van der Waals surface area contributed by atoms with Gasteiger partial charge in [-0.1, -0.05) is 34.8 Å². The lowest BCUT2D eigenvalue weighted by molar-refractivity contribution is -0.137. The fourth-order valence-corrected chi connectivity index (χ4v) is 2.69. The zero-order valence-corrected chi connectivity index (χ0v) is 16.0. The Balaban J connectivity index is 1.90. The summed E-state index contributed by atoms with van der Waals surface area (Å²) in [5, 5.41) is 6.43. The van der Waals surface area contributed by atoms with Crippen LogP contribution in [-0.4, -0.2) is 9.97 Å². The summed E-state index contributed by atoms with van der Waals surface area (Å²) in [5.41, 5.74) is 5.82. The summed E-state index contributed by atoms with van der Waals surface area (Å²) in [5.74, 6) is 0.303. The molecule has 0 aliphatic heterocycles. The van der Waals surface area contributed by atoms with E-state index in [0.29, 0.717) is 15.7 Å². The highest BCUT2D eigenvalue weighted by Crippen LogP contribution is 2.36. The Morgan fingerprint density at radius 1 is 0.821 bits per heavy atom. The maximum Gasteiger partial charge on any atom is 0.416 e. The maximum absolute atomic E-state index is 12.9. The van der Waals surface area contributed by atoms with Gasteiger partial charge in [-0.05, 0) is 36.4 Å². The number of benzene rings is 2. The van der Waals surface area contributed by atoms with Gasteiger partial charge in [-0.15, -0.1) is 0 Å². The van der Waals surface area contributed by atoms with Gasteiger partial charge < -0.3 is 16.4 Å². The lowest BCUT2D eigenvalue weighted by Crippen LogP contribution is -2.08. The quantitative estimate of drug-likeness (QED) is 0.423. The monoisotopic (exact) mass is 447 g/mol. The van der Waals surface area contributed by atoms with E-state index in [-0.39, 0.29) is 28.0 Å². The number of rotatable bonds is 4. The Morgan fingerprint density at radius 3 is 2.11 bits per heavy atom. The molecule has 0 atom stereocenters. The molecule has 1 heterocycles. The molecule has 4 N–H and O–H groups in total. The molecule has 0 saturated carbocycles. The number of nitrogen functional groups attached to an aromatic ring is 1. The van der Waals surface area contributed by atoms with E-state index < -0.39 is 11.7 Å². The molecular formula is C17H11Cl3F3N5. The molecule has 28 heavy (non-hydrogen) atoms. The predicted octanol–water partition coefficient (Wildman–Crippen LogP) is 6.53. The van der Waals surface area contributed by atoms with Gasteiger partial charge in [-0.3, -0.25) is 0 Å². The fraction of sp³-hybridized carbons (Fsp3) is 0.0588. The van der Waals surface area contributed by atoms with Gasteiger partial charge in [0.1, 0.15) is 12.0 Å². The Bertz CT molecular complexity index is 1030. The topological polar surface area (TPSA) is 75.9 Å². The van der Waals surface area contributed by atoms with Crippen LogP contribution in [0.25, 0.3) is 0 Å². The SMILES string of the molecule is Nc1c(Nc2ccc(Cl)c(Cl)c2)ncnc1Nc1cc(C(F)(F)F)ccc1Cl. The Labute approximate surface area is 172 Å². The minimum absolute atomic E-state index is 0.00220. The first-order valence-corrected chi connectivity index (χ1v) is 8.75. The first-order valence-electron chi connectivity index (χ1n) is 7.61. The van der Waals surface area contributed by atoms with Crippen molar-refractivity contribution >= 4 is 63.5 Å². The number of nitrogens with one attached hydrogen (secondary N) is 2. The molecule has 0 saturated heterocycles. The highest BCUT2D eigenvalue weighted by Gasteiger charge is 2.31. The molecule has 0 radical (unpaired) electrons. The third-order valence-corrected chi connectivity index (χ3v) is 4.68. The second-order valence-electron chi connectivity index (χ2n) is 5.56. The average Bonchev–Trinajstić information content (AvgIpc) is 2.62. The minimum Gasteiger partial charge on any atom is -0.393 e. The summed E-state index contributed by atoms with van der Waals surface area (Å²) in [6.45, 7) is 0. The van der Waals surface area contributed by atoms with Gasteiger partial charge in [-0.25, -0.2) is 9.97 Å². The molecule has 0 amide bonds. The zero-order chi connectivity index (χ0) is 20.5. The smallest absolute Gasteiger partial charge is 0.393 e. The van der Waals surface area contributed by atoms with Gasteiger partial charge in [0.15, 0.2) is 11.6 Å². The van der Waals surface area contributed by atoms with Crippen LogP contribution in [0.5, 0.6) is 0 Å². The van der Waals surface area contributed by atoms with E-state index in [1.165, 1.54) is 6.33 Å². The summed E-state index contributed by atoms with van der Waals surface area (Å²) >= 11 is 17.8. The van der Waals surface area contributed by atoms with Crippen molar-refractivity contribution in [2.75, 3.05) is 16.4 Å². The number of aromatic nitrogens is 2. The standard InChI is InChI=1S/C17H11Cl3F3N5/c18-10-4-2-9(6-12(10)20)27-15-14(24)16(26-7-25-15)28-13-5-8(17(21,22)23)1-3-11(13)19/h1-7H,24H2,(H2,25,26,27,28). The van der Waals surface area contributed by atoms with Crippen LogP contribution in [0.2, 0.25) is 15.1 Å². The molecule has 146 valence electrons. The Kier molecular flexibility index (Phi) is 5.74. The van der Waals surface area contributed by atoms with Crippen LogP contribution in [0.15, 0.2) is 42.7 Å². The van der Waals surface area contributed by atoms with Crippen molar-refractivity contribution in [2.45, 2.75) is 6.18 Å². The van der Waals surface area contributed by atoms with Crippen LogP contribution in [0.1, 0.15) is 5.56 Å². The molecule has 3 aromatic rings. The fourth-order valence-electron chi connectivity index (χ4n) is 2.23. The van der Waals surface area contributed by atoms with Crippen molar-refractivity contribution in [3.8, 4) is 0 Å². The molecule has 0 spiro atoms. The number of anilines is 5. The van der Waals surface area contributed by atoms with E-state index in [9.17, 15) is 13.2 Å². The van der Waals surface area contributed by atoms with Gasteiger partial charge in [0.2, 0.25) is 0 Å². The predicted molar refractivity (Wildman–Crippen MR) is 106 cm³/mol. The van der Waals surface area contributed by atoms with Gasteiger partial charge in [-0.2, -0.15) is 13.2 Å². The molecule has 0 fully saturated rings. The minimum atomic E-state index is -4.52. The van der Waals surface area contributed by atoms with Crippen LogP contribution < -0.4 is 16.4 Å². The second kappa shape index (κ2) is 7.90. The number of hydrogen-bond donors (Lipinski definition) is 3. The third-order valence-electron chi connectivity index (χ3n) is 3.61. The van der Waals surface area contributed by atoms with Crippen LogP contribution in [0, 0.1) is 0 Å². The highest BCUT2D eigenvalue weighted by atomic mass is 35.5. The molecule has 0 aliphatic rings. The van der Waals surface area contributed by atoms with E-state index in [1.807, 2.05) is 0 Å². The number of nitrogens with zero attached hydrogens (tertiary/aromatic N) is 2. The molecule has 3 rings (SSSR count). The summed E-state index contributed by atoms with van der Waals surface area (Å²) in [6, 6.07) is 7.71. The zero-order valence-electron chi connectivity index (χ0n) is 13.8.